The molecule has 0 spiro atoms. The number of hydrogen-bond acceptors (Lipinski definition) is 4. The minimum atomic E-state index is -1.26. The Labute approximate surface area is 122 Å². The van der Waals surface area contributed by atoms with Crippen LogP contribution in [-0.4, -0.2) is 58.9 Å². The number of carboxylic acids is 1. The number of halogens is 1. The molecule has 2 N–H and O–H groups in total. The molecule has 0 radical (unpaired) electrons. The van der Waals surface area contributed by atoms with Gasteiger partial charge in [-0.3, -0.25) is 9.59 Å². The standard InChI is InChI=1S/C13H21FN2O5/c1-13(2,3)21-12(20)15-9(6-10(17)18)11(19)16-5-4-8(14)7-16/h8-9H,4-7H2,1-3H3,(H,15,20)(H,17,18)/t8-,9-/m0/s1. The number of rotatable bonds is 4. The molecular formula is C13H21FN2O5. The number of carboxylic acid groups (broad SMARTS) is 1. The summed E-state index contributed by atoms with van der Waals surface area (Å²) >= 11 is 0. The fourth-order valence-electron chi connectivity index (χ4n) is 1.96. The number of aliphatic carboxylic acids is 1. The van der Waals surface area contributed by atoms with Gasteiger partial charge >= 0.3 is 12.1 Å². The Morgan fingerprint density at radius 1 is 1.43 bits per heavy atom. The van der Waals surface area contributed by atoms with E-state index in [1.807, 2.05) is 0 Å². The second kappa shape index (κ2) is 6.73. The molecule has 0 aromatic rings. The summed E-state index contributed by atoms with van der Waals surface area (Å²) in [6.07, 6.45) is -2.34. The largest absolute Gasteiger partial charge is 0.481 e. The van der Waals surface area contributed by atoms with Gasteiger partial charge in [-0.2, -0.15) is 0 Å². The van der Waals surface area contributed by atoms with E-state index in [1.165, 1.54) is 4.90 Å². The van der Waals surface area contributed by atoms with E-state index in [9.17, 15) is 18.8 Å². The van der Waals surface area contributed by atoms with Crippen molar-refractivity contribution < 1.29 is 28.6 Å². The molecule has 1 aliphatic heterocycles. The predicted molar refractivity (Wildman–Crippen MR) is 71.5 cm³/mol. The maximum absolute atomic E-state index is 13.1. The lowest BCUT2D eigenvalue weighted by Gasteiger charge is -2.25. The summed E-state index contributed by atoms with van der Waals surface area (Å²) in [6.45, 7) is 5.08. The second-order valence-electron chi connectivity index (χ2n) is 5.97. The Kier molecular flexibility index (Phi) is 5.51. The van der Waals surface area contributed by atoms with E-state index in [4.69, 9.17) is 9.84 Å². The topological polar surface area (TPSA) is 95.9 Å². The van der Waals surface area contributed by atoms with Crippen molar-refractivity contribution in [3.8, 4) is 0 Å². The van der Waals surface area contributed by atoms with Crippen molar-refractivity contribution in [2.45, 2.75) is 51.4 Å². The first-order valence-corrected chi connectivity index (χ1v) is 6.72. The highest BCUT2D eigenvalue weighted by atomic mass is 19.1. The van der Waals surface area contributed by atoms with Crippen LogP contribution in [0.4, 0.5) is 9.18 Å². The lowest BCUT2D eigenvalue weighted by molar-refractivity contribution is -0.142. The highest BCUT2D eigenvalue weighted by Gasteiger charge is 2.33. The molecule has 1 rings (SSSR count). The number of carbonyl (C=O) groups excluding carboxylic acids is 2. The summed E-state index contributed by atoms with van der Waals surface area (Å²) in [4.78, 5) is 35.9. The quantitative estimate of drug-likeness (QED) is 0.805. The Morgan fingerprint density at radius 2 is 2.05 bits per heavy atom. The number of ether oxygens (including phenoxy) is 1. The summed E-state index contributed by atoms with van der Waals surface area (Å²) in [5, 5.41) is 11.1. The van der Waals surface area contributed by atoms with Crippen LogP contribution in [-0.2, 0) is 14.3 Å². The van der Waals surface area contributed by atoms with Crippen LogP contribution in [0.1, 0.15) is 33.6 Å². The van der Waals surface area contributed by atoms with Crippen molar-refractivity contribution in [1.82, 2.24) is 10.2 Å². The molecule has 21 heavy (non-hydrogen) atoms. The Balaban J connectivity index is 2.69. The average Bonchev–Trinajstić information content (AvgIpc) is 2.70. The number of alkyl halides is 1. The normalized spacial score (nSPS) is 20.0. The van der Waals surface area contributed by atoms with Crippen LogP contribution >= 0.6 is 0 Å². The van der Waals surface area contributed by atoms with Crippen molar-refractivity contribution in [3.05, 3.63) is 0 Å². The van der Waals surface area contributed by atoms with Crippen LogP contribution < -0.4 is 5.32 Å². The molecule has 2 amide bonds. The maximum Gasteiger partial charge on any atom is 0.408 e. The fourth-order valence-corrected chi connectivity index (χ4v) is 1.96. The molecule has 0 aromatic carbocycles. The van der Waals surface area contributed by atoms with E-state index >= 15 is 0 Å². The van der Waals surface area contributed by atoms with E-state index < -0.39 is 42.2 Å². The van der Waals surface area contributed by atoms with E-state index in [2.05, 4.69) is 5.32 Å². The first-order chi connectivity index (χ1) is 9.58. The highest BCUT2D eigenvalue weighted by Crippen LogP contribution is 2.15. The minimum Gasteiger partial charge on any atom is -0.481 e. The summed E-state index contributed by atoms with van der Waals surface area (Å²) in [7, 11) is 0. The van der Waals surface area contributed by atoms with Crippen LogP contribution in [0.2, 0.25) is 0 Å². The fraction of sp³-hybridized carbons (Fsp3) is 0.769. The van der Waals surface area contributed by atoms with Crippen molar-refractivity contribution in [3.63, 3.8) is 0 Å². The van der Waals surface area contributed by atoms with Gasteiger partial charge in [-0.25, -0.2) is 9.18 Å². The van der Waals surface area contributed by atoms with Gasteiger partial charge in [0.15, 0.2) is 0 Å². The van der Waals surface area contributed by atoms with Gasteiger partial charge in [0.25, 0.3) is 0 Å². The average molecular weight is 304 g/mol. The van der Waals surface area contributed by atoms with Gasteiger partial charge in [0.2, 0.25) is 5.91 Å². The number of nitrogens with zero attached hydrogens (tertiary/aromatic N) is 1. The lowest BCUT2D eigenvalue weighted by Crippen LogP contribution is -2.50. The first-order valence-electron chi connectivity index (χ1n) is 6.72. The number of hydrogen-bond donors (Lipinski definition) is 2. The highest BCUT2D eigenvalue weighted by molar-refractivity contribution is 5.89. The smallest absolute Gasteiger partial charge is 0.408 e. The number of amides is 2. The maximum atomic E-state index is 13.1. The molecule has 0 bridgehead atoms. The first kappa shape index (κ1) is 17.2. The molecular weight excluding hydrogens is 283 g/mol. The molecule has 1 aliphatic rings. The zero-order chi connectivity index (χ0) is 16.2. The lowest BCUT2D eigenvalue weighted by atomic mass is 10.2. The third kappa shape index (κ3) is 5.97. The molecule has 2 atom stereocenters. The van der Waals surface area contributed by atoms with Gasteiger partial charge in [-0.05, 0) is 27.2 Å². The third-order valence-corrected chi connectivity index (χ3v) is 2.81. The van der Waals surface area contributed by atoms with Crippen LogP contribution in [0, 0.1) is 0 Å². The Morgan fingerprint density at radius 3 is 2.48 bits per heavy atom. The molecule has 120 valence electrons. The molecule has 8 heteroatoms. The van der Waals surface area contributed by atoms with Gasteiger partial charge < -0.3 is 20.1 Å². The van der Waals surface area contributed by atoms with Crippen molar-refractivity contribution in [1.29, 1.82) is 0 Å². The van der Waals surface area contributed by atoms with Gasteiger partial charge in [-0.1, -0.05) is 0 Å². The van der Waals surface area contributed by atoms with Gasteiger partial charge in [-0.15, -0.1) is 0 Å². The number of alkyl carbamates (subject to hydrolysis) is 1. The summed E-state index contributed by atoms with van der Waals surface area (Å²) in [5.41, 5.74) is -0.765. The number of nitrogens with one attached hydrogen (secondary N) is 1. The zero-order valence-corrected chi connectivity index (χ0v) is 12.4. The van der Waals surface area contributed by atoms with Gasteiger partial charge in [0.1, 0.15) is 17.8 Å². The van der Waals surface area contributed by atoms with E-state index in [-0.39, 0.29) is 19.5 Å². The minimum absolute atomic E-state index is 0.0784. The molecule has 1 saturated heterocycles. The Bertz CT molecular complexity index is 421. The SMILES string of the molecule is CC(C)(C)OC(=O)N[C@@H](CC(=O)O)C(=O)N1CC[C@H](F)C1. The molecule has 1 heterocycles. The van der Waals surface area contributed by atoms with E-state index in [1.54, 1.807) is 20.8 Å². The molecule has 0 saturated carbocycles. The van der Waals surface area contributed by atoms with Crippen molar-refractivity contribution in [2.75, 3.05) is 13.1 Å². The number of likely N-dealkylation sites (tertiary alicyclic amines) is 1. The van der Waals surface area contributed by atoms with Crippen molar-refractivity contribution >= 4 is 18.0 Å². The van der Waals surface area contributed by atoms with Gasteiger partial charge in [0, 0.05) is 6.54 Å². The monoisotopic (exact) mass is 304 g/mol. The van der Waals surface area contributed by atoms with Crippen molar-refractivity contribution in [2.24, 2.45) is 0 Å². The predicted octanol–water partition coefficient (Wildman–Crippen LogP) is 0.925. The van der Waals surface area contributed by atoms with Crippen LogP contribution in [0.3, 0.4) is 0 Å². The molecule has 1 fully saturated rings. The second-order valence-corrected chi connectivity index (χ2v) is 5.97. The van der Waals surface area contributed by atoms with E-state index in [0.29, 0.717) is 0 Å². The summed E-state index contributed by atoms with van der Waals surface area (Å²) in [6, 6.07) is -1.26. The number of carbonyl (C=O) groups is 3. The molecule has 0 aromatic heterocycles. The van der Waals surface area contributed by atoms with Gasteiger partial charge in [0.05, 0.1) is 13.0 Å². The molecule has 0 aliphatic carbocycles. The van der Waals surface area contributed by atoms with Crippen LogP contribution in [0.5, 0.6) is 0 Å². The summed E-state index contributed by atoms with van der Waals surface area (Å²) < 4.78 is 18.1. The van der Waals surface area contributed by atoms with Crippen LogP contribution in [0.15, 0.2) is 0 Å². The Hall–Kier alpha value is -1.86. The van der Waals surface area contributed by atoms with E-state index in [0.717, 1.165) is 0 Å². The molecule has 7 nitrogen and oxygen atoms in total. The molecule has 0 unspecified atom stereocenters. The third-order valence-electron chi connectivity index (χ3n) is 2.81. The zero-order valence-electron chi connectivity index (χ0n) is 12.4. The van der Waals surface area contributed by atoms with Crippen LogP contribution in [0.25, 0.3) is 0 Å². The summed E-state index contributed by atoms with van der Waals surface area (Å²) in [5.74, 6) is -1.84.